The Labute approximate surface area is 183 Å². The monoisotopic (exact) mass is 470 g/mol. The molecule has 0 aliphatic carbocycles. The van der Waals surface area contributed by atoms with Crippen LogP contribution in [0.5, 0.6) is 0 Å². The minimum absolute atomic E-state index is 0.0187. The summed E-state index contributed by atoms with van der Waals surface area (Å²) in [5.41, 5.74) is -1.16. The molecular weight excluding hydrogens is 447 g/mol. The number of nitrogens with one attached hydrogen (secondary N) is 1. The van der Waals surface area contributed by atoms with Gasteiger partial charge in [0.1, 0.15) is 17.8 Å². The summed E-state index contributed by atoms with van der Waals surface area (Å²) in [6, 6.07) is 10.8. The van der Waals surface area contributed by atoms with E-state index < -0.39 is 37.4 Å². The Kier molecular flexibility index (Phi) is 6.30. The molecule has 2 aliphatic heterocycles. The Balaban J connectivity index is 1.40. The van der Waals surface area contributed by atoms with Crippen molar-refractivity contribution in [1.82, 2.24) is 9.55 Å². The van der Waals surface area contributed by atoms with E-state index in [0.717, 1.165) is 5.56 Å². The lowest BCUT2D eigenvalue weighted by Gasteiger charge is -2.29. The van der Waals surface area contributed by atoms with Crippen molar-refractivity contribution in [3.05, 3.63) is 63.3 Å². The van der Waals surface area contributed by atoms with E-state index in [1.807, 2.05) is 30.3 Å². The highest BCUT2D eigenvalue weighted by molar-refractivity contribution is 7.71. The van der Waals surface area contributed by atoms with Crippen LogP contribution in [0, 0.1) is 4.77 Å². The smallest absolute Gasteiger partial charge is 0.387 e. The zero-order valence-corrected chi connectivity index (χ0v) is 18.3. The number of aromatic nitrogens is 2. The van der Waals surface area contributed by atoms with Gasteiger partial charge < -0.3 is 14.9 Å². The van der Waals surface area contributed by atoms with Gasteiger partial charge in [-0.05, 0) is 24.7 Å². The van der Waals surface area contributed by atoms with E-state index in [2.05, 4.69) is 4.98 Å². The van der Waals surface area contributed by atoms with Gasteiger partial charge in [0.15, 0.2) is 11.0 Å². The van der Waals surface area contributed by atoms with Crippen molar-refractivity contribution in [3.8, 4) is 0 Å². The van der Waals surface area contributed by atoms with Crippen LogP contribution in [0.4, 0.5) is 0 Å². The van der Waals surface area contributed by atoms with Crippen molar-refractivity contribution in [2.75, 3.05) is 19.8 Å². The first-order chi connectivity index (χ1) is 14.7. The average molecular weight is 470 g/mol. The van der Waals surface area contributed by atoms with E-state index in [9.17, 15) is 19.6 Å². The summed E-state index contributed by atoms with van der Waals surface area (Å²) < 4.78 is 35.9. The van der Waals surface area contributed by atoms with E-state index in [-0.39, 0.29) is 30.5 Å². The summed E-state index contributed by atoms with van der Waals surface area (Å²) in [5.74, 6) is -0.0765. The number of hydrogen-bond acceptors (Lipinski definition) is 9. The van der Waals surface area contributed by atoms with Gasteiger partial charge in [0.2, 0.25) is 0 Å². The molecule has 4 atom stereocenters. The summed E-state index contributed by atoms with van der Waals surface area (Å²) >= 11 is 5.11. The number of ether oxygens (including phenoxy) is 1. The third-order valence-corrected chi connectivity index (χ3v) is 7.10. The average Bonchev–Trinajstić information content (AvgIpc) is 2.97. The topological polar surface area (TPSA) is 132 Å². The standard InChI is InChI=1S/C19H23N2O8PS/c1-19(24)16(23)14(29-17(19)21-8-7-15(22)20-18(21)31)11-28-30(25)26-9-13(10-27-30)12-5-3-2-4-6-12/h2-8,13-14,16-17,23-24H,9-11H2,1H3,(H,20,22,31)/t13?,14-,16+,17-,19?,30?/m1/s1. The fourth-order valence-electron chi connectivity index (χ4n) is 3.59. The molecule has 2 aliphatic rings. The molecule has 3 N–H and O–H groups in total. The van der Waals surface area contributed by atoms with Crippen LogP contribution in [0.25, 0.3) is 0 Å². The third-order valence-electron chi connectivity index (χ3n) is 5.39. The van der Waals surface area contributed by atoms with Gasteiger partial charge in [0, 0.05) is 18.2 Å². The number of phosphoric acid groups is 1. The largest absolute Gasteiger partial charge is 0.474 e. The highest BCUT2D eigenvalue weighted by Crippen LogP contribution is 2.54. The number of benzene rings is 1. The molecule has 2 fully saturated rings. The highest BCUT2D eigenvalue weighted by atomic mass is 32.1. The Morgan fingerprint density at radius 1 is 1.29 bits per heavy atom. The first-order valence-corrected chi connectivity index (χ1v) is 11.5. The molecule has 4 rings (SSSR count). The molecule has 1 aromatic carbocycles. The maximum atomic E-state index is 12.7. The van der Waals surface area contributed by atoms with Gasteiger partial charge in [-0.3, -0.25) is 27.9 Å². The van der Waals surface area contributed by atoms with Crippen LogP contribution in [0.2, 0.25) is 0 Å². The van der Waals surface area contributed by atoms with Crippen molar-refractivity contribution in [1.29, 1.82) is 0 Å². The van der Waals surface area contributed by atoms with Crippen LogP contribution in [0.15, 0.2) is 47.4 Å². The second kappa shape index (κ2) is 8.68. The first kappa shape index (κ1) is 22.5. The number of phosphoric ester groups is 1. The van der Waals surface area contributed by atoms with Gasteiger partial charge in [-0.1, -0.05) is 30.3 Å². The normalized spacial score (nSPS) is 35.8. The quantitative estimate of drug-likeness (QED) is 0.443. The van der Waals surface area contributed by atoms with E-state index in [1.54, 1.807) is 0 Å². The lowest BCUT2D eigenvalue weighted by Crippen LogP contribution is -2.44. The molecule has 10 nitrogen and oxygen atoms in total. The predicted molar refractivity (Wildman–Crippen MR) is 111 cm³/mol. The van der Waals surface area contributed by atoms with Crippen molar-refractivity contribution in [3.63, 3.8) is 0 Å². The Morgan fingerprint density at radius 3 is 2.61 bits per heavy atom. The molecule has 0 spiro atoms. The van der Waals surface area contributed by atoms with Crippen LogP contribution in [-0.2, 0) is 22.9 Å². The molecule has 168 valence electrons. The first-order valence-electron chi connectivity index (χ1n) is 9.65. The Bertz CT molecular complexity index is 1080. The molecule has 1 aromatic heterocycles. The van der Waals surface area contributed by atoms with Crippen molar-refractivity contribution < 1.29 is 33.1 Å². The zero-order chi connectivity index (χ0) is 22.2. The van der Waals surface area contributed by atoms with Crippen LogP contribution in [0.1, 0.15) is 24.6 Å². The minimum Gasteiger partial charge on any atom is -0.387 e. The van der Waals surface area contributed by atoms with E-state index in [4.69, 9.17) is 30.5 Å². The summed E-state index contributed by atoms with van der Waals surface area (Å²) in [6.45, 7) is 1.33. The summed E-state index contributed by atoms with van der Waals surface area (Å²) in [7, 11) is -3.85. The lowest BCUT2D eigenvalue weighted by molar-refractivity contribution is -0.0980. The van der Waals surface area contributed by atoms with Crippen molar-refractivity contribution in [2.45, 2.75) is 36.9 Å². The molecule has 31 heavy (non-hydrogen) atoms. The zero-order valence-electron chi connectivity index (χ0n) is 16.6. The van der Waals surface area contributed by atoms with Gasteiger partial charge in [-0.2, -0.15) is 0 Å². The lowest BCUT2D eigenvalue weighted by atomic mass is 9.96. The molecule has 1 unspecified atom stereocenters. The molecule has 12 heteroatoms. The fraction of sp³-hybridized carbons (Fsp3) is 0.474. The number of aromatic amines is 1. The van der Waals surface area contributed by atoms with Crippen LogP contribution in [-0.4, -0.2) is 57.4 Å². The molecule has 0 bridgehead atoms. The number of rotatable bonds is 5. The predicted octanol–water partition coefficient (Wildman–Crippen LogP) is 1.87. The Morgan fingerprint density at radius 2 is 1.97 bits per heavy atom. The molecule has 2 saturated heterocycles. The van der Waals surface area contributed by atoms with Gasteiger partial charge in [0.25, 0.3) is 5.56 Å². The molecule has 3 heterocycles. The van der Waals surface area contributed by atoms with Gasteiger partial charge in [-0.15, -0.1) is 0 Å². The summed E-state index contributed by atoms with van der Waals surface area (Å²) in [4.78, 5) is 13.8. The van der Waals surface area contributed by atoms with Gasteiger partial charge >= 0.3 is 7.82 Å². The van der Waals surface area contributed by atoms with Crippen LogP contribution < -0.4 is 5.56 Å². The van der Waals surface area contributed by atoms with Crippen LogP contribution >= 0.6 is 20.0 Å². The van der Waals surface area contributed by atoms with Gasteiger partial charge in [0.05, 0.1) is 19.8 Å². The third kappa shape index (κ3) is 4.59. The Hall–Kier alpha value is -1.69. The maximum Gasteiger partial charge on any atom is 0.474 e. The second-order valence-corrected chi connectivity index (χ2v) is 9.71. The van der Waals surface area contributed by atoms with Crippen molar-refractivity contribution >= 4 is 20.0 Å². The second-order valence-electron chi connectivity index (χ2n) is 7.66. The number of H-pyrrole nitrogens is 1. The summed E-state index contributed by atoms with van der Waals surface area (Å²) in [6.07, 6.45) is -2.18. The number of aliphatic hydroxyl groups excluding tert-OH is 1. The van der Waals surface area contributed by atoms with E-state index >= 15 is 0 Å². The molecule has 0 radical (unpaired) electrons. The summed E-state index contributed by atoms with van der Waals surface area (Å²) in [5, 5.41) is 21.3. The number of nitrogens with zero attached hydrogens (tertiary/aromatic N) is 1. The van der Waals surface area contributed by atoms with Crippen LogP contribution in [0.3, 0.4) is 0 Å². The minimum atomic E-state index is -3.85. The van der Waals surface area contributed by atoms with E-state index in [0.29, 0.717) is 0 Å². The molecule has 0 saturated carbocycles. The maximum absolute atomic E-state index is 12.7. The van der Waals surface area contributed by atoms with Gasteiger partial charge in [-0.25, -0.2) is 4.57 Å². The highest BCUT2D eigenvalue weighted by Gasteiger charge is 2.54. The molecule has 2 aromatic rings. The molecule has 0 amide bonds. The van der Waals surface area contributed by atoms with Crippen molar-refractivity contribution in [2.24, 2.45) is 0 Å². The molecular formula is C19H23N2O8PS. The SMILES string of the molecule is CC1(O)[C@@H](O)[C@@H](COP2(=O)OCC(c3ccccc3)CO2)O[C@H]1n1ccc(=O)[nH]c1=S. The number of aliphatic hydroxyl groups is 2. The number of hydrogen-bond donors (Lipinski definition) is 3. The van der Waals surface area contributed by atoms with E-state index in [1.165, 1.54) is 23.8 Å². The fourth-order valence-corrected chi connectivity index (χ4v) is 5.13.